The van der Waals surface area contributed by atoms with E-state index in [1.54, 1.807) is 11.7 Å². The molecule has 0 saturated carbocycles. The maximum atomic E-state index is 13.0. The Labute approximate surface area is 164 Å². The molecule has 28 heavy (non-hydrogen) atoms. The molecule has 0 radical (unpaired) electrons. The van der Waals surface area contributed by atoms with Gasteiger partial charge in [0.1, 0.15) is 16.9 Å². The fraction of sp³-hybridized carbons (Fsp3) is 0.278. The fourth-order valence-electron chi connectivity index (χ4n) is 3.62. The number of thiazole rings is 1. The van der Waals surface area contributed by atoms with Crippen LogP contribution in [0.25, 0.3) is 16.0 Å². The van der Waals surface area contributed by atoms with Gasteiger partial charge in [-0.2, -0.15) is 4.98 Å². The molecule has 1 amide bonds. The molecule has 9 nitrogen and oxygen atoms in total. The van der Waals surface area contributed by atoms with Gasteiger partial charge in [0.25, 0.3) is 5.91 Å². The third-order valence-corrected chi connectivity index (χ3v) is 5.69. The molecule has 1 aliphatic rings. The van der Waals surface area contributed by atoms with Crippen LogP contribution in [-0.4, -0.2) is 60.8 Å². The van der Waals surface area contributed by atoms with Crippen molar-refractivity contribution in [1.82, 2.24) is 29.2 Å². The Kier molecular flexibility index (Phi) is 3.86. The van der Waals surface area contributed by atoms with Crippen LogP contribution in [0.3, 0.4) is 0 Å². The maximum absolute atomic E-state index is 13.0. The lowest BCUT2D eigenvalue weighted by Crippen LogP contribution is -2.54. The van der Waals surface area contributed by atoms with Gasteiger partial charge in [-0.15, -0.1) is 11.3 Å². The summed E-state index contributed by atoms with van der Waals surface area (Å²) in [7, 11) is 0. The van der Waals surface area contributed by atoms with Crippen LogP contribution in [0, 0.1) is 0 Å². The molecular weight excluding hydrogens is 376 g/mol. The number of amides is 1. The number of piperazine rings is 1. The van der Waals surface area contributed by atoms with Crippen molar-refractivity contribution in [2.45, 2.75) is 13.0 Å². The Balaban J connectivity index is 1.39. The highest BCUT2D eigenvalue weighted by molar-refractivity contribution is 7.16. The zero-order valence-electron chi connectivity index (χ0n) is 15.2. The highest BCUT2D eigenvalue weighted by atomic mass is 32.1. The summed E-state index contributed by atoms with van der Waals surface area (Å²) in [6, 6.07) is 5.77. The molecule has 5 heterocycles. The van der Waals surface area contributed by atoms with Gasteiger partial charge in [0, 0.05) is 38.1 Å². The van der Waals surface area contributed by atoms with E-state index in [-0.39, 0.29) is 17.9 Å². The topological polar surface area (TPSA) is 106 Å². The summed E-state index contributed by atoms with van der Waals surface area (Å²) in [5.41, 5.74) is 9.60. The fourth-order valence-corrected chi connectivity index (χ4v) is 4.28. The number of hydrogen-bond acceptors (Lipinski definition) is 8. The van der Waals surface area contributed by atoms with E-state index in [2.05, 4.69) is 31.8 Å². The molecule has 4 aromatic rings. The van der Waals surface area contributed by atoms with Gasteiger partial charge in [0.15, 0.2) is 10.6 Å². The molecule has 0 unspecified atom stereocenters. The van der Waals surface area contributed by atoms with Crippen LogP contribution < -0.4 is 10.6 Å². The molecule has 1 atom stereocenters. The number of fused-ring (bicyclic) bond motifs is 2. The number of carbonyl (C=O) groups is 1. The second kappa shape index (κ2) is 6.41. The van der Waals surface area contributed by atoms with Crippen LogP contribution in [0.1, 0.15) is 17.4 Å². The molecule has 1 saturated heterocycles. The predicted octanol–water partition coefficient (Wildman–Crippen LogP) is 1.67. The molecule has 142 valence electrons. The van der Waals surface area contributed by atoms with E-state index >= 15 is 0 Å². The molecule has 5 rings (SSSR count). The first-order chi connectivity index (χ1) is 13.6. The first-order valence-electron chi connectivity index (χ1n) is 8.96. The summed E-state index contributed by atoms with van der Waals surface area (Å²) in [4.78, 5) is 35.2. The largest absolute Gasteiger partial charge is 0.368 e. The zero-order chi connectivity index (χ0) is 19.3. The molecular formula is C18H18N8OS. The molecule has 4 aromatic heterocycles. The van der Waals surface area contributed by atoms with Crippen molar-refractivity contribution < 1.29 is 4.79 Å². The number of nitrogens with two attached hydrogens (primary N) is 1. The Hall–Kier alpha value is -3.27. The van der Waals surface area contributed by atoms with E-state index in [4.69, 9.17) is 5.73 Å². The van der Waals surface area contributed by atoms with Crippen LogP contribution in [0.15, 0.2) is 36.1 Å². The number of nitrogen functional groups attached to an aromatic ring is 1. The minimum atomic E-state index is -0.0591. The van der Waals surface area contributed by atoms with E-state index in [1.807, 2.05) is 33.7 Å². The van der Waals surface area contributed by atoms with Crippen LogP contribution in [0.5, 0.6) is 0 Å². The van der Waals surface area contributed by atoms with E-state index in [1.165, 1.54) is 11.3 Å². The average Bonchev–Trinajstić information content (AvgIpc) is 3.33. The quantitative estimate of drug-likeness (QED) is 0.551. The summed E-state index contributed by atoms with van der Waals surface area (Å²) < 4.78 is 1.86. The summed E-state index contributed by atoms with van der Waals surface area (Å²) >= 11 is 1.44. The molecule has 0 spiro atoms. The highest BCUT2D eigenvalue weighted by Crippen LogP contribution is 2.29. The number of anilines is 2. The maximum Gasteiger partial charge on any atom is 0.274 e. The molecule has 0 aromatic carbocycles. The van der Waals surface area contributed by atoms with E-state index in [0.29, 0.717) is 25.3 Å². The first-order valence-corrected chi connectivity index (χ1v) is 9.84. The number of rotatable bonds is 2. The van der Waals surface area contributed by atoms with E-state index in [0.717, 1.165) is 21.8 Å². The van der Waals surface area contributed by atoms with Crippen molar-refractivity contribution in [3.05, 3.63) is 41.8 Å². The van der Waals surface area contributed by atoms with E-state index < -0.39 is 0 Å². The minimum absolute atomic E-state index is 0.0591. The van der Waals surface area contributed by atoms with E-state index in [9.17, 15) is 4.79 Å². The Morgan fingerprint density at radius 3 is 2.96 bits per heavy atom. The number of imidazole rings is 1. The highest BCUT2D eigenvalue weighted by Gasteiger charge is 2.30. The van der Waals surface area contributed by atoms with Crippen molar-refractivity contribution >= 4 is 45.0 Å². The van der Waals surface area contributed by atoms with Crippen LogP contribution in [0.4, 0.5) is 11.8 Å². The van der Waals surface area contributed by atoms with Gasteiger partial charge in [-0.1, -0.05) is 6.07 Å². The van der Waals surface area contributed by atoms with Crippen molar-refractivity contribution in [3.63, 3.8) is 0 Å². The smallest absolute Gasteiger partial charge is 0.274 e. The SMILES string of the molecule is C[C@H]1CN(C(=O)c2cn3ccccc3n2)CCN1c1nc(N)nc2scnc12. The van der Waals surface area contributed by atoms with Crippen LogP contribution in [-0.2, 0) is 0 Å². The lowest BCUT2D eigenvalue weighted by molar-refractivity contribution is 0.0721. The lowest BCUT2D eigenvalue weighted by Gasteiger charge is -2.40. The monoisotopic (exact) mass is 394 g/mol. The molecule has 0 aliphatic carbocycles. The van der Waals surface area contributed by atoms with Crippen molar-refractivity contribution in [3.8, 4) is 0 Å². The molecule has 0 bridgehead atoms. The molecule has 1 fully saturated rings. The summed E-state index contributed by atoms with van der Waals surface area (Å²) in [6.45, 7) is 3.86. The second-order valence-electron chi connectivity index (χ2n) is 6.80. The van der Waals surface area contributed by atoms with Gasteiger partial charge in [0.05, 0.1) is 5.51 Å². The van der Waals surface area contributed by atoms with Gasteiger partial charge in [-0.3, -0.25) is 4.79 Å². The van der Waals surface area contributed by atoms with Crippen LogP contribution in [0.2, 0.25) is 0 Å². The standard InChI is InChI=1S/C18H18N8OS/c1-11-8-25(17(27)12-9-24-5-3-2-4-13(24)21-12)6-7-26(11)15-14-16(28-10-20-14)23-18(19)22-15/h2-5,9-11H,6-8H2,1H3,(H2,19,22,23)/t11-/m0/s1. The normalized spacial score (nSPS) is 17.5. The third kappa shape index (κ3) is 2.73. The zero-order valence-corrected chi connectivity index (χ0v) is 16.0. The number of nitrogens with zero attached hydrogens (tertiary/aromatic N) is 7. The van der Waals surface area contributed by atoms with Gasteiger partial charge in [0.2, 0.25) is 5.95 Å². The number of hydrogen-bond donors (Lipinski definition) is 1. The Morgan fingerprint density at radius 2 is 2.14 bits per heavy atom. The molecule has 2 N–H and O–H groups in total. The van der Waals surface area contributed by atoms with Gasteiger partial charge >= 0.3 is 0 Å². The average molecular weight is 394 g/mol. The third-order valence-electron chi connectivity index (χ3n) is 4.97. The van der Waals surface area contributed by atoms with Gasteiger partial charge in [-0.25, -0.2) is 15.0 Å². The first kappa shape index (κ1) is 16.9. The number of aromatic nitrogens is 5. The summed E-state index contributed by atoms with van der Waals surface area (Å²) in [5, 5.41) is 0. The predicted molar refractivity (Wildman–Crippen MR) is 108 cm³/mol. The van der Waals surface area contributed by atoms with Gasteiger partial charge in [-0.05, 0) is 19.1 Å². The second-order valence-corrected chi connectivity index (χ2v) is 7.63. The van der Waals surface area contributed by atoms with Crippen molar-refractivity contribution in [1.29, 1.82) is 0 Å². The Morgan fingerprint density at radius 1 is 1.25 bits per heavy atom. The lowest BCUT2D eigenvalue weighted by atomic mass is 10.1. The van der Waals surface area contributed by atoms with Crippen molar-refractivity contribution in [2.75, 3.05) is 30.3 Å². The number of carbonyl (C=O) groups excluding carboxylic acids is 1. The van der Waals surface area contributed by atoms with Crippen LogP contribution >= 0.6 is 11.3 Å². The molecule has 10 heteroatoms. The van der Waals surface area contributed by atoms with Crippen molar-refractivity contribution in [2.24, 2.45) is 0 Å². The minimum Gasteiger partial charge on any atom is -0.368 e. The Bertz CT molecular complexity index is 1150. The summed E-state index contributed by atoms with van der Waals surface area (Å²) in [6.07, 6.45) is 3.66. The molecule has 1 aliphatic heterocycles. The van der Waals surface area contributed by atoms with Gasteiger partial charge < -0.3 is 19.9 Å². The number of pyridine rings is 1. The summed E-state index contributed by atoms with van der Waals surface area (Å²) in [5.74, 6) is 0.912.